The van der Waals surface area contributed by atoms with E-state index in [-0.39, 0.29) is 4.90 Å². The normalized spacial score (nSPS) is 11.4. The summed E-state index contributed by atoms with van der Waals surface area (Å²) < 4.78 is 31.7. The molecule has 0 atom stereocenters. The summed E-state index contributed by atoms with van der Waals surface area (Å²) in [6, 6.07) is 4.78. The first-order valence-corrected chi connectivity index (χ1v) is 6.47. The van der Waals surface area contributed by atoms with Crippen molar-refractivity contribution >= 4 is 15.7 Å². The van der Waals surface area contributed by atoms with E-state index in [4.69, 9.17) is 4.42 Å². The summed E-state index contributed by atoms with van der Waals surface area (Å²) in [5, 5.41) is 0. The van der Waals surface area contributed by atoms with Crippen molar-refractivity contribution in [1.29, 1.82) is 0 Å². The van der Waals surface area contributed by atoms with Gasteiger partial charge in [-0.25, -0.2) is 8.42 Å². The maximum Gasteiger partial charge on any atom is 0.265 e. The second kappa shape index (κ2) is 4.21. The maximum absolute atomic E-state index is 12.0. The van der Waals surface area contributed by atoms with Gasteiger partial charge >= 0.3 is 0 Å². The molecule has 0 aliphatic rings. The molecule has 0 saturated heterocycles. The molecule has 0 saturated carbocycles. The molecule has 1 N–H and O–H groups in total. The Bertz CT molecular complexity index is 617. The van der Waals surface area contributed by atoms with Crippen LogP contribution in [0, 0.1) is 13.8 Å². The number of aromatic nitrogens is 1. The molecule has 6 heteroatoms. The number of pyridine rings is 1. The molecule has 5 nitrogen and oxygen atoms in total. The Morgan fingerprint density at radius 1 is 1.35 bits per heavy atom. The van der Waals surface area contributed by atoms with Gasteiger partial charge in [0, 0.05) is 12.3 Å². The second-order valence-corrected chi connectivity index (χ2v) is 5.28. The fourth-order valence-electron chi connectivity index (χ4n) is 1.51. The predicted octanol–water partition coefficient (Wildman–Crippen LogP) is 2.09. The second-order valence-electron chi connectivity index (χ2n) is 3.62. The van der Waals surface area contributed by atoms with Crippen LogP contribution in [-0.2, 0) is 10.0 Å². The maximum atomic E-state index is 12.0. The zero-order valence-electron chi connectivity index (χ0n) is 9.47. The standard InChI is InChI=1S/C11H12N2O3S/c1-8-6-11(9(2)16-8)17(14,15)13-10-4-3-5-12-7-10/h3-7,13H,1-2H3. The van der Waals surface area contributed by atoms with Gasteiger partial charge in [0.05, 0.1) is 11.9 Å². The van der Waals surface area contributed by atoms with Gasteiger partial charge in [0.25, 0.3) is 10.0 Å². The van der Waals surface area contributed by atoms with Crippen LogP contribution in [0.2, 0.25) is 0 Å². The molecular formula is C11H12N2O3S. The van der Waals surface area contributed by atoms with Crippen LogP contribution in [0.15, 0.2) is 39.9 Å². The Morgan fingerprint density at radius 3 is 2.65 bits per heavy atom. The van der Waals surface area contributed by atoms with Gasteiger partial charge in [-0.3, -0.25) is 9.71 Å². The topological polar surface area (TPSA) is 72.2 Å². The number of rotatable bonds is 3. The molecule has 2 heterocycles. The van der Waals surface area contributed by atoms with Crippen molar-refractivity contribution in [3.05, 3.63) is 42.1 Å². The summed E-state index contributed by atoms with van der Waals surface area (Å²) in [7, 11) is -3.61. The number of sulfonamides is 1. The largest absolute Gasteiger partial charge is 0.465 e. The molecule has 2 rings (SSSR count). The molecule has 2 aromatic rings. The first-order chi connectivity index (χ1) is 7.99. The Morgan fingerprint density at radius 2 is 2.12 bits per heavy atom. The lowest BCUT2D eigenvalue weighted by Crippen LogP contribution is -2.13. The molecule has 0 bridgehead atoms. The van der Waals surface area contributed by atoms with Crippen LogP contribution in [-0.4, -0.2) is 13.4 Å². The molecule has 2 aromatic heterocycles. The van der Waals surface area contributed by atoms with E-state index in [0.717, 1.165) is 0 Å². The van der Waals surface area contributed by atoms with E-state index in [1.807, 2.05) is 0 Å². The number of hydrogen-bond donors (Lipinski definition) is 1. The third kappa shape index (κ3) is 2.47. The highest BCUT2D eigenvalue weighted by molar-refractivity contribution is 7.92. The Balaban J connectivity index is 2.35. The van der Waals surface area contributed by atoms with Crippen molar-refractivity contribution in [3.8, 4) is 0 Å². The Labute approximate surface area is 99.5 Å². The van der Waals surface area contributed by atoms with E-state index < -0.39 is 10.0 Å². The summed E-state index contributed by atoms with van der Waals surface area (Å²) in [4.78, 5) is 3.99. The average molecular weight is 252 g/mol. The molecule has 0 aliphatic carbocycles. The first-order valence-electron chi connectivity index (χ1n) is 4.99. The summed E-state index contributed by atoms with van der Waals surface area (Å²) in [6.07, 6.45) is 3.02. The zero-order valence-corrected chi connectivity index (χ0v) is 10.3. The van der Waals surface area contributed by atoms with Gasteiger partial charge < -0.3 is 4.42 Å². The van der Waals surface area contributed by atoms with Crippen LogP contribution >= 0.6 is 0 Å². The third-order valence-corrected chi connectivity index (χ3v) is 3.69. The monoisotopic (exact) mass is 252 g/mol. The average Bonchev–Trinajstić information content (AvgIpc) is 2.59. The highest BCUT2D eigenvalue weighted by atomic mass is 32.2. The van der Waals surface area contributed by atoms with Gasteiger partial charge in [-0.1, -0.05) is 0 Å². The molecule has 0 spiro atoms. The lowest BCUT2D eigenvalue weighted by Gasteiger charge is -2.05. The van der Waals surface area contributed by atoms with Gasteiger partial charge in [0.15, 0.2) is 0 Å². The minimum Gasteiger partial charge on any atom is -0.465 e. The summed E-state index contributed by atoms with van der Waals surface area (Å²) >= 11 is 0. The first kappa shape index (κ1) is 11.7. The Hall–Kier alpha value is -1.82. The third-order valence-electron chi connectivity index (χ3n) is 2.20. The fraction of sp³-hybridized carbons (Fsp3) is 0.182. The van der Waals surface area contributed by atoms with Crippen LogP contribution in [0.5, 0.6) is 0 Å². The van der Waals surface area contributed by atoms with Gasteiger partial charge in [-0.05, 0) is 26.0 Å². The van der Waals surface area contributed by atoms with Crippen molar-refractivity contribution < 1.29 is 12.8 Å². The molecule has 0 unspecified atom stereocenters. The molecule has 0 aromatic carbocycles. The summed E-state index contributed by atoms with van der Waals surface area (Å²) in [5.41, 5.74) is 0.422. The number of nitrogens with zero attached hydrogens (tertiary/aromatic N) is 1. The highest BCUT2D eigenvalue weighted by Gasteiger charge is 2.20. The van der Waals surface area contributed by atoms with Crippen molar-refractivity contribution in [2.24, 2.45) is 0 Å². The van der Waals surface area contributed by atoms with E-state index in [2.05, 4.69) is 9.71 Å². The fourth-order valence-corrected chi connectivity index (χ4v) is 2.79. The van der Waals surface area contributed by atoms with E-state index >= 15 is 0 Å². The van der Waals surface area contributed by atoms with Gasteiger partial charge in [-0.2, -0.15) is 0 Å². The number of aryl methyl sites for hydroxylation is 2. The van der Waals surface area contributed by atoms with Crippen LogP contribution in [0.25, 0.3) is 0 Å². The summed E-state index contributed by atoms with van der Waals surface area (Å²) in [5.74, 6) is 0.938. The van der Waals surface area contributed by atoms with Crippen LogP contribution in [0.4, 0.5) is 5.69 Å². The van der Waals surface area contributed by atoms with Crippen molar-refractivity contribution in [3.63, 3.8) is 0 Å². The van der Waals surface area contributed by atoms with E-state index in [1.165, 1.54) is 12.3 Å². The smallest absolute Gasteiger partial charge is 0.265 e. The quantitative estimate of drug-likeness (QED) is 0.907. The Kier molecular flexibility index (Phi) is 2.89. The van der Waals surface area contributed by atoms with E-state index in [9.17, 15) is 8.42 Å². The minimum atomic E-state index is -3.61. The van der Waals surface area contributed by atoms with Crippen LogP contribution < -0.4 is 4.72 Å². The molecule has 0 radical (unpaired) electrons. The predicted molar refractivity (Wildman–Crippen MR) is 63.2 cm³/mol. The molecule has 0 fully saturated rings. The summed E-state index contributed by atoms with van der Waals surface area (Å²) in [6.45, 7) is 3.32. The van der Waals surface area contributed by atoms with Crippen molar-refractivity contribution in [2.45, 2.75) is 18.7 Å². The minimum absolute atomic E-state index is 0.152. The van der Waals surface area contributed by atoms with E-state index in [1.54, 1.807) is 32.2 Å². The molecule has 0 aliphatic heterocycles. The molecule has 0 amide bonds. The number of nitrogens with one attached hydrogen (secondary N) is 1. The van der Waals surface area contributed by atoms with Crippen molar-refractivity contribution in [2.75, 3.05) is 4.72 Å². The van der Waals surface area contributed by atoms with Gasteiger partial charge in [0.1, 0.15) is 16.4 Å². The van der Waals surface area contributed by atoms with Gasteiger partial charge in [-0.15, -0.1) is 0 Å². The molecule has 90 valence electrons. The number of hydrogen-bond acceptors (Lipinski definition) is 4. The van der Waals surface area contributed by atoms with Crippen molar-refractivity contribution in [1.82, 2.24) is 4.98 Å². The molecular weight excluding hydrogens is 240 g/mol. The number of anilines is 1. The SMILES string of the molecule is Cc1cc(S(=O)(=O)Nc2cccnc2)c(C)o1. The van der Waals surface area contributed by atoms with Gasteiger partial charge in [0.2, 0.25) is 0 Å². The van der Waals surface area contributed by atoms with Crippen LogP contribution in [0.3, 0.4) is 0 Å². The molecule has 17 heavy (non-hydrogen) atoms. The lowest BCUT2D eigenvalue weighted by molar-refractivity contribution is 0.496. The van der Waals surface area contributed by atoms with E-state index in [0.29, 0.717) is 17.2 Å². The zero-order chi connectivity index (χ0) is 12.5. The highest BCUT2D eigenvalue weighted by Crippen LogP contribution is 2.21. The number of furan rings is 1. The van der Waals surface area contributed by atoms with Crippen LogP contribution in [0.1, 0.15) is 11.5 Å². The lowest BCUT2D eigenvalue weighted by atomic mass is 10.4.